The van der Waals surface area contributed by atoms with Crippen molar-refractivity contribution in [1.82, 2.24) is 15.1 Å². The number of hydrogen-bond acceptors (Lipinski definition) is 5. The Hall–Kier alpha value is -2.57. The van der Waals surface area contributed by atoms with Crippen LogP contribution in [0.4, 0.5) is 5.69 Å². The summed E-state index contributed by atoms with van der Waals surface area (Å²) in [5, 5.41) is 7.37. The lowest BCUT2D eigenvalue weighted by Gasteiger charge is -2.29. The Morgan fingerprint density at radius 2 is 2.08 bits per heavy atom. The first-order valence-electron chi connectivity index (χ1n) is 9.09. The third-order valence-electron chi connectivity index (χ3n) is 5.07. The van der Waals surface area contributed by atoms with Crippen molar-refractivity contribution in [3.63, 3.8) is 0 Å². The zero-order chi connectivity index (χ0) is 18.8. The van der Waals surface area contributed by atoms with Crippen LogP contribution in [0, 0.1) is 19.8 Å². The quantitative estimate of drug-likeness (QED) is 0.873. The van der Waals surface area contributed by atoms with E-state index in [1.54, 1.807) is 0 Å². The average Bonchev–Trinajstić information content (AvgIpc) is 2.92. The highest BCUT2D eigenvalue weighted by molar-refractivity contribution is 5.76. The molecule has 3 N–H and O–H groups in total. The molecule has 0 aliphatic heterocycles. The van der Waals surface area contributed by atoms with Gasteiger partial charge >= 0.3 is 0 Å². The lowest BCUT2D eigenvalue weighted by atomic mass is 9.86. The number of furan rings is 1. The summed E-state index contributed by atoms with van der Waals surface area (Å²) in [7, 11) is 0. The highest BCUT2D eigenvalue weighted by Gasteiger charge is 2.23. The lowest BCUT2D eigenvalue weighted by Crippen LogP contribution is -2.44. The molecule has 1 aliphatic rings. The molecule has 2 aromatic heterocycles. The van der Waals surface area contributed by atoms with Crippen molar-refractivity contribution < 1.29 is 9.21 Å². The van der Waals surface area contributed by atoms with Crippen molar-refractivity contribution >= 4 is 11.6 Å². The van der Waals surface area contributed by atoms with Gasteiger partial charge in [-0.25, -0.2) is 4.68 Å². The molecule has 26 heavy (non-hydrogen) atoms. The van der Waals surface area contributed by atoms with Gasteiger partial charge in [0.2, 0.25) is 5.91 Å². The standard InChI is InChI=1S/C19H26N4O3/c1-11-6-4-5-7-16(11)21-18(24)10-23-19(25)15(20)9-17(22-23)14-8-12(2)26-13(14)3/h8-9,11,16H,4-7,10,20H2,1-3H3,(H,21,24)/t11-,16+/m1/s1. The molecule has 1 amide bonds. The lowest BCUT2D eigenvalue weighted by molar-refractivity contribution is -0.123. The van der Waals surface area contributed by atoms with E-state index in [0.717, 1.165) is 35.3 Å². The number of nitrogens with one attached hydrogen (secondary N) is 1. The van der Waals surface area contributed by atoms with E-state index in [9.17, 15) is 9.59 Å². The smallest absolute Gasteiger partial charge is 0.290 e. The van der Waals surface area contributed by atoms with Crippen LogP contribution in [0.1, 0.15) is 44.1 Å². The summed E-state index contributed by atoms with van der Waals surface area (Å²) < 4.78 is 6.66. The number of carbonyl (C=O) groups excluding carboxylic acids is 1. The van der Waals surface area contributed by atoms with Gasteiger partial charge in [0.15, 0.2) is 0 Å². The van der Waals surface area contributed by atoms with E-state index in [1.165, 1.54) is 12.5 Å². The Morgan fingerprint density at radius 3 is 2.73 bits per heavy atom. The Labute approximate surface area is 152 Å². The number of amides is 1. The number of nitrogens with zero attached hydrogens (tertiary/aromatic N) is 2. The van der Waals surface area contributed by atoms with Gasteiger partial charge in [0.05, 0.1) is 5.69 Å². The Balaban J connectivity index is 1.82. The van der Waals surface area contributed by atoms with Gasteiger partial charge in [0.1, 0.15) is 23.8 Å². The van der Waals surface area contributed by atoms with Crippen molar-refractivity contribution in [2.45, 2.75) is 59.0 Å². The Morgan fingerprint density at radius 1 is 1.35 bits per heavy atom. The van der Waals surface area contributed by atoms with E-state index in [4.69, 9.17) is 10.2 Å². The number of hydrogen-bond donors (Lipinski definition) is 2. The third-order valence-corrected chi connectivity index (χ3v) is 5.07. The molecule has 1 fully saturated rings. The second kappa shape index (κ2) is 7.35. The van der Waals surface area contributed by atoms with Gasteiger partial charge in [-0.05, 0) is 44.7 Å². The molecule has 2 heterocycles. The number of aromatic nitrogens is 2. The monoisotopic (exact) mass is 358 g/mol. The fourth-order valence-electron chi connectivity index (χ4n) is 3.61. The molecule has 140 valence electrons. The molecular formula is C19H26N4O3. The van der Waals surface area contributed by atoms with Crippen LogP contribution in [0.5, 0.6) is 0 Å². The minimum atomic E-state index is -0.460. The van der Waals surface area contributed by atoms with Crippen LogP contribution < -0.4 is 16.6 Å². The summed E-state index contributed by atoms with van der Waals surface area (Å²) >= 11 is 0. The predicted octanol–water partition coefficient (Wildman–Crippen LogP) is 2.40. The zero-order valence-corrected chi connectivity index (χ0v) is 15.5. The predicted molar refractivity (Wildman–Crippen MR) is 99.6 cm³/mol. The first-order chi connectivity index (χ1) is 12.3. The van der Waals surface area contributed by atoms with Gasteiger partial charge in [0.25, 0.3) is 5.56 Å². The minimum absolute atomic E-state index is 0.0621. The van der Waals surface area contributed by atoms with Crippen LogP contribution >= 0.6 is 0 Å². The van der Waals surface area contributed by atoms with Crippen molar-refractivity contribution in [1.29, 1.82) is 0 Å². The Kier molecular flexibility index (Phi) is 5.15. The first-order valence-corrected chi connectivity index (χ1v) is 9.09. The second-order valence-corrected chi connectivity index (χ2v) is 7.21. The highest BCUT2D eigenvalue weighted by atomic mass is 16.3. The number of nitrogens with two attached hydrogens (primary N) is 1. The van der Waals surface area contributed by atoms with E-state index in [0.29, 0.717) is 17.4 Å². The fraction of sp³-hybridized carbons (Fsp3) is 0.526. The van der Waals surface area contributed by atoms with Crippen molar-refractivity contribution in [3.05, 3.63) is 34.0 Å². The van der Waals surface area contributed by atoms with Crippen LogP contribution in [0.25, 0.3) is 11.3 Å². The van der Waals surface area contributed by atoms with Crippen LogP contribution in [0.2, 0.25) is 0 Å². The van der Waals surface area contributed by atoms with Gasteiger partial charge in [-0.15, -0.1) is 0 Å². The molecule has 2 atom stereocenters. The molecular weight excluding hydrogens is 332 g/mol. The van der Waals surface area contributed by atoms with Gasteiger partial charge in [-0.2, -0.15) is 5.10 Å². The average molecular weight is 358 g/mol. The third kappa shape index (κ3) is 3.81. The zero-order valence-electron chi connectivity index (χ0n) is 15.5. The SMILES string of the molecule is Cc1cc(-c2cc(N)c(=O)n(CC(=O)N[C@H]3CCCC[C@H]3C)n2)c(C)o1. The largest absolute Gasteiger partial charge is 0.466 e. The van der Waals surface area contributed by atoms with E-state index in [-0.39, 0.29) is 24.2 Å². The van der Waals surface area contributed by atoms with Crippen LogP contribution in [0.3, 0.4) is 0 Å². The minimum Gasteiger partial charge on any atom is -0.466 e. The molecule has 0 spiro atoms. The topological polar surface area (TPSA) is 103 Å². The first kappa shape index (κ1) is 18.2. The maximum absolute atomic E-state index is 12.4. The number of rotatable bonds is 4. The molecule has 7 heteroatoms. The van der Waals surface area contributed by atoms with Crippen molar-refractivity contribution in [3.8, 4) is 11.3 Å². The summed E-state index contributed by atoms with van der Waals surface area (Å²) in [6, 6.07) is 3.53. The van der Waals surface area contributed by atoms with Crippen LogP contribution in [-0.2, 0) is 11.3 Å². The normalized spacial score (nSPS) is 20.1. The maximum atomic E-state index is 12.4. The van der Waals surface area contributed by atoms with Crippen LogP contribution in [-0.4, -0.2) is 21.7 Å². The maximum Gasteiger partial charge on any atom is 0.290 e. The summed E-state index contributed by atoms with van der Waals surface area (Å²) in [6.07, 6.45) is 4.42. The molecule has 2 aromatic rings. The van der Waals surface area contributed by atoms with Gasteiger partial charge in [-0.3, -0.25) is 9.59 Å². The van der Waals surface area contributed by atoms with E-state index in [2.05, 4.69) is 17.3 Å². The molecule has 1 aliphatic carbocycles. The van der Waals surface area contributed by atoms with Crippen molar-refractivity contribution in [2.75, 3.05) is 5.73 Å². The number of carbonyl (C=O) groups is 1. The molecule has 3 rings (SSSR count). The van der Waals surface area contributed by atoms with Gasteiger partial charge < -0.3 is 15.5 Å². The molecule has 7 nitrogen and oxygen atoms in total. The molecule has 1 saturated carbocycles. The molecule has 0 unspecified atom stereocenters. The summed E-state index contributed by atoms with van der Waals surface area (Å²) in [5.41, 5.74) is 6.76. The van der Waals surface area contributed by atoms with E-state index >= 15 is 0 Å². The van der Waals surface area contributed by atoms with Gasteiger partial charge in [0, 0.05) is 11.6 Å². The van der Waals surface area contributed by atoms with Gasteiger partial charge in [-0.1, -0.05) is 19.8 Å². The molecule has 0 saturated heterocycles. The summed E-state index contributed by atoms with van der Waals surface area (Å²) in [6.45, 7) is 5.68. The number of nitrogen functional groups attached to an aromatic ring is 1. The van der Waals surface area contributed by atoms with E-state index < -0.39 is 5.56 Å². The Bertz CT molecular complexity index is 868. The summed E-state index contributed by atoms with van der Waals surface area (Å²) in [4.78, 5) is 24.7. The number of aryl methyl sites for hydroxylation is 2. The number of anilines is 1. The molecule has 0 radical (unpaired) electrons. The fourth-order valence-corrected chi connectivity index (χ4v) is 3.61. The molecule has 0 bridgehead atoms. The van der Waals surface area contributed by atoms with Crippen molar-refractivity contribution in [2.24, 2.45) is 5.92 Å². The second-order valence-electron chi connectivity index (χ2n) is 7.21. The molecule has 0 aromatic carbocycles. The highest BCUT2D eigenvalue weighted by Crippen LogP contribution is 2.25. The van der Waals surface area contributed by atoms with E-state index in [1.807, 2.05) is 19.9 Å². The van der Waals surface area contributed by atoms with Crippen LogP contribution in [0.15, 0.2) is 21.3 Å². The summed E-state index contributed by atoms with van der Waals surface area (Å²) in [5.74, 6) is 1.68.